The van der Waals surface area contributed by atoms with E-state index in [-0.39, 0.29) is 12.2 Å². The zero-order chi connectivity index (χ0) is 9.19. The van der Waals surface area contributed by atoms with Crippen molar-refractivity contribution in [1.29, 1.82) is 0 Å². The molecular weight excluding hydrogens is 173 g/mol. The van der Waals surface area contributed by atoms with E-state index < -0.39 is 12.6 Å². The van der Waals surface area contributed by atoms with Gasteiger partial charge in [-0.1, -0.05) is 5.16 Å². The Balaban J connectivity index is 2.75. The van der Waals surface area contributed by atoms with E-state index >= 15 is 0 Å². The highest BCUT2D eigenvalue weighted by Crippen LogP contribution is 2.22. The highest BCUT2D eigenvalue weighted by atomic mass is 19.4. The lowest BCUT2D eigenvalue weighted by molar-refractivity contribution is -0.128. The molecule has 0 saturated heterocycles. The first kappa shape index (κ1) is 9.05. The van der Waals surface area contributed by atoms with Crippen molar-refractivity contribution in [2.45, 2.75) is 19.1 Å². The Morgan fingerprint density at radius 1 is 1.50 bits per heavy atom. The van der Waals surface area contributed by atoms with E-state index in [1.54, 1.807) is 0 Å². The first-order chi connectivity index (χ1) is 5.53. The standard InChI is InChI=1S/C6H7F3N2O/c7-6(8,9)1-5-4(2-10)3-12-11-5/h3H,1-2,10H2. The van der Waals surface area contributed by atoms with Gasteiger partial charge in [-0.2, -0.15) is 13.2 Å². The molecule has 0 aliphatic carbocycles. The van der Waals surface area contributed by atoms with Crippen LogP contribution in [0.5, 0.6) is 0 Å². The highest BCUT2D eigenvalue weighted by Gasteiger charge is 2.30. The molecule has 12 heavy (non-hydrogen) atoms. The van der Waals surface area contributed by atoms with Gasteiger partial charge in [0.25, 0.3) is 0 Å². The number of rotatable bonds is 2. The van der Waals surface area contributed by atoms with Crippen LogP contribution >= 0.6 is 0 Å². The van der Waals surface area contributed by atoms with Gasteiger partial charge in [0.2, 0.25) is 0 Å². The molecule has 0 fully saturated rings. The summed E-state index contributed by atoms with van der Waals surface area (Å²) in [6.07, 6.45) is -4.22. The van der Waals surface area contributed by atoms with Gasteiger partial charge in [0.15, 0.2) is 0 Å². The second kappa shape index (κ2) is 3.14. The quantitative estimate of drug-likeness (QED) is 0.744. The molecule has 0 unspecified atom stereocenters. The molecule has 0 radical (unpaired) electrons. The van der Waals surface area contributed by atoms with Crippen LogP contribution in [0.25, 0.3) is 0 Å². The molecule has 0 bridgehead atoms. The predicted molar refractivity (Wildman–Crippen MR) is 34.2 cm³/mol. The molecule has 1 aromatic rings. The number of halogens is 3. The molecule has 0 aliphatic rings. The first-order valence-electron chi connectivity index (χ1n) is 3.22. The minimum atomic E-state index is -4.26. The lowest BCUT2D eigenvalue weighted by Crippen LogP contribution is -2.14. The molecular formula is C6H7F3N2O. The Kier molecular flexibility index (Phi) is 2.37. The van der Waals surface area contributed by atoms with Crippen LogP contribution in [0.4, 0.5) is 13.2 Å². The van der Waals surface area contributed by atoms with E-state index in [2.05, 4.69) is 9.68 Å². The number of hydrogen-bond donors (Lipinski definition) is 1. The van der Waals surface area contributed by atoms with Crippen molar-refractivity contribution in [1.82, 2.24) is 5.16 Å². The molecule has 1 rings (SSSR count). The van der Waals surface area contributed by atoms with Gasteiger partial charge in [-0.05, 0) is 0 Å². The van der Waals surface area contributed by atoms with Crippen LogP contribution in [0.15, 0.2) is 10.8 Å². The van der Waals surface area contributed by atoms with Gasteiger partial charge in [-0.25, -0.2) is 0 Å². The number of hydrogen-bond acceptors (Lipinski definition) is 3. The summed E-state index contributed by atoms with van der Waals surface area (Å²) in [5, 5.41) is 3.20. The molecule has 0 spiro atoms. The number of nitrogens with zero attached hydrogens (tertiary/aromatic N) is 1. The molecule has 1 aromatic heterocycles. The van der Waals surface area contributed by atoms with E-state index in [0.29, 0.717) is 5.56 Å². The van der Waals surface area contributed by atoms with Crippen molar-refractivity contribution in [2.24, 2.45) is 5.73 Å². The number of nitrogens with two attached hydrogens (primary N) is 1. The fraction of sp³-hybridized carbons (Fsp3) is 0.500. The number of aromatic nitrogens is 1. The molecule has 0 atom stereocenters. The van der Waals surface area contributed by atoms with Crippen LogP contribution < -0.4 is 5.73 Å². The molecule has 0 aliphatic heterocycles. The van der Waals surface area contributed by atoms with Crippen LogP contribution in [0.2, 0.25) is 0 Å². The van der Waals surface area contributed by atoms with Crippen molar-refractivity contribution < 1.29 is 17.7 Å². The zero-order valence-corrected chi connectivity index (χ0v) is 6.06. The van der Waals surface area contributed by atoms with Crippen molar-refractivity contribution >= 4 is 0 Å². The maximum absolute atomic E-state index is 11.8. The molecule has 0 aromatic carbocycles. The molecule has 3 nitrogen and oxygen atoms in total. The molecule has 6 heteroatoms. The van der Waals surface area contributed by atoms with E-state index in [4.69, 9.17) is 5.73 Å². The molecule has 2 N–H and O–H groups in total. The number of alkyl halides is 3. The van der Waals surface area contributed by atoms with Crippen molar-refractivity contribution in [3.8, 4) is 0 Å². The van der Waals surface area contributed by atoms with Gasteiger partial charge < -0.3 is 10.3 Å². The predicted octanol–water partition coefficient (Wildman–Crippen LogP) is 1.24. The average molecular weight is 180 g/mol. The summed E-state index contributed by atoms with van der Waals surface area (Å²) in [6, 6.07) is 0. The third-order valence-corrected chi connectivity index (χ3v) is 1.32. The molecule has 0 amide bonds. The Morgan fingerprint density at radius 3 is 2.67 bits per heavy atom. The van der Waals surface area contributed by atoms with Gasteiger partial charge >= 0.3 is 6.18 Å². The van der Waals surface area contributed by atoms with Gasteiger partial charge in [-0.3, -0.25) is 0 Å². The molecule has 68 valence electrons. The summed E-state index contributed by atoms with van der Waals surface area (Å²) in [7, 11) is 0. The largest absolute Gasteiger partial charge is 0.394 e. The van der Waals surface area contributed by atoms with Crippen LogP contribution in [0.1, 0.15) is 11.3 Å². The van der Waals surface area contributed by atoms with Crippen LogP contribution in [0, 0.1) is 0 Å². The summed E-state index contributed by atoms with van der Waals surface area (Å²) in [4.78, 5) is 0. The van der Waals surface area contributed by atoms with Crippen LogP contribution in [-0.2, 0) is 13.0 Å². The van der Waals surface area contributed by atoms with Gasteiger partial charge in [0.1, 0.15) is 6.26 Å². The van der Waals surface area contributed by atoms with E-state index in [9.17, 15) is 13.2 Å². The zero-order valence-electron chi connectivity index (χ0n) is 6.06. The monoisotopic (exact) mass is 180 g/mol. The Bertz CT molecular complexity index is 256. The second-order valence-electron chi connectivity index (χ2n) is 2.28. The van der Waals surface area contributed by atoms with E-state index in [0.717, 1.165) is 6.26 Å². The average Bonchev–Trinajstić information content (AvgIpc) is 2.31. The normalized spacial score (nSPS) is 12.0. The SMILES string of the molecule is NCc1conc1CC(F)(F)F. The fourth-order valence-corrected chi connectivity index (χ4v) is 0.782. The minimum Gasteiger partial charge on any atom is -0.364 e. The second-order valence-corrected chi connectivity index (χ2v) is 2.28. The Hall–Kier alpha value is -1.04. The summed E-state index contributed by atoms with van der Waals surface area (Å²) >= 11 is 0. The third-order valence-electron chi connectivity index (χ3n) is 1.32. The van der Waals surface area contributed by atoms with Gasteiger partial charge in [-0.15, -0.1) is 0 Å². The van der Waals surface area contributed by atoms with E-state index in [1.807, 2.05) is 0 Å². The van der Waals surface area contributed by atoms with Crippen molar-refractivity contribution in [2.75, 3.05) is 0 Å². The van der Waals surface area contributed by atoms with E-state index in [1.165, 1.54) is 0 Å². The maximum Gasteiger partial charge on any atom is 0.394 e. The van der Waals surface area contributed by atoms with Crippen molar-refractivity contribution in [3.63, 3.8) is 0 Å². The Morgan fingerprint density at radius 2 is 2.17 bits per heavy atom. The fourth-order valence-electron chi connectivity index (χ4n) is 0.782. The van der Waals surface area contributed by atoms with Crippen LogP contribution in [0.3, 0.4) is 0 Å². The highest BCUT2D eigenvalue weighted by molar-refractivity contribution is 5.14. The topological polar surface area (TPSA) is 52.0 Å². The van der Waals surface area contributed by atoms with Crippen molar-refractivity contribution in [3.05, 3.63) is 17.5 Å². The summed E-state index contributed by atoms with van der Waals surface area (Å²) < 4.78 is 39.8. The molecule has 1 heterocycles. The van der Waals surface area contributed by atoms with Gasteiger partial charge in [0.05, 0.1) is 12.1 Å². The summed E-state index contributed by atoms with van der Waals surface area (Å²) in [5.74, 6) is 0. The summed E-state index contributed by atoms with van der Waals surface area (Å²) in [6.45, 7) is 0.00884. The third kappa shape index (κ3) is 2.23. The lowest BCUT2D eigenvalue weighted by Gasteiger charge is -2.03. The maximum atomic E-state index is 11.8. The van der Waals surface area contributed by atoms with Gasteiger partial charge in [0, 0.05) is 12.1 Å². The lowest BCUT2D eigenvalue weighted by atomic mass is 10.2. The smallest absolute Gasteiger partial charge is 0.364 e. The first-order valence-corrected chi connectivity index (χ1v) is 3.22. The summed E-state index contributed by atoms with van der Waals surface area (Å²) in [5.41, 5.74) is 5.31. The van der Waals surface area contributed by atoms with Crippen LogP contribution in [-0.4, -0.2) is 11.3 Å². The minimum absolute atomic E-state index is 0.00884. The molecule has 0 saturated carbocycles. The Labute approximate surface area is 66.3 Å².